The number of piperidine rings is 1. The lowest BCUT2D eigenvalue weighted by Crippen LogP contribution is -2.57. The number of hydrogen-bond acceptors (Lipinski definition) is 2. The Morgan fingerprint density at radius 1 is 1.47 bits per heavy atom. The molecule has 1 saturated heterocycles. The van der Waals surface area contributed by atoms with Gasteiger partial charge in [0.2, 0.25) is 5.91 Å². The molecule has 84 valence electrons. The number of amides is 1. The molecule has 4 heteroatoms. The molecule has 2 atom stereocenters. The highest BCUT2D eigenvalue weighted by atomic mass is 16.4. The van der Waals surface area contributed by atoms with Gasteiger partial charge in [0.15, 0.2) is 0 Å². The number of carbonyl (C=O) groups is 2. The summed E-state index contributed by atoms with van der Waals surface area (Å²) in [5, 5.41) is 9.39. The molecule has 4 nitrogen and oxygen atoms in total. The number of carboxylic acids is 1. The van der Waals surface area contributed by atoms with Crippen molar-refractivity contribution in [2.75, 3.05) is 7.05 Å². The van der Waals surface area contributed by atoms with Crippen LogP contribution in [0.5, 0.6) is 0 Å². The summed E-state index contributed by atoms with van der Waals surface area (Å²) in [5.74, 6) is -0.620. The lowest BCUT2D eigenvalue weighted by molar-refractivity contribution is -0.165. The Kier molecular flexibility index (Phi) is 2.44. The van der Waals surface area contributed by atoms with Gasteiger partial charge in [-0.3, -0.25) is 9.59 Å². The van der Waals surface area contributed by atoms with Crippen LogP contribution in [0.25, 0.3) is 0 Å². The van der Waals surface area contributed by atoms with Crippen LogP contribution in [-0.4, -0.2) is 35.0 Å². The topological polar surface area (TPSA) is 57.6 Å². The Labute approximate surface area is 89.3 Å². The predicted molar refractivity (Wildman–Crippen MR) is 54.3 cm³/mol. The zero-order chi connectivity index (χ0) is 11.1. The largest absolute Gasteiger partial charge is 0.481 e. The molecule has 2 aliphatic rings. The zero-order valence-electron chi connectivity index (χ0n) is 9.03. The molecule has 2 rings (SSSR count). The molecule has 0 aromatic rings. The van der Waals surface area contributed by atoms with Crippen LogP contribution in [0.15, 0.2) is 0 Å². The van der Waals surface area contributed by atoms with Gasteiger partial charge in [0, 0.05) is 19.5 Å². The first-order chi connectivity index (χ1) is 7.08. The third kappa shape index (κ3) is 1.43. The predicted octanol–water partition coefficient (Wildman–Crippen LogP) is 1.25. The molecule has 1 N–H and O–H groups in total. The van der Waals surface area contributed by atoms with Gasteiger partial charge in [-0.05, 0) is 19.3 Å². The second-order valence-electron chi connectivity index (χ2n) is 4.73. The van der Waals surface area contributed by atoms with E-state index in [-0.39, 0.29) is 11.9 Å². The summed E-state index contributed by atoms with van der Waals surface area (Å²) in [6.07, 6.45) is 4.50. The van der Waals surface area contributed by atoms with Crippen LogP contribution >= 0.6 is 0 Å². The molecular weight excluding hydrogens is 194 g/mol. The van der Waals surface area contributed by atoms with Gasteiger partial charge in [0.1, 0.15) is 0 Å². The minimum absolute atomic E-state index is 0.0787. The summed E-state index contributed by atoms with van der Waals surface area (Å²) in [6, 6.07) is -0.0787. The van der Waals surface area contributed by atoms with Crippen molar-refractivity contribution >= 4 is 11.9 Å². The second kappa shape index (κ2) is 3.51. The molecule has 15 heavy (non-hydrogen) atoms. The summed E-state index contributed by atoms with van der Waals surface area (Å²) in [7, 11) is 1.75. The van der Waals surface area contributed by atoms with Crippen LogP contribution in [0.1, 0.15) is 38.5 Å². The highest BCUT2D eigenvalue weighted by Gasteiger charge is 2.52. The van der Waals surface area contributed by atoms with Gasteiger partial charge in [0.05, 0.1) is 5.41 Å². The van der Waals surface area contributed by atoms with Crippen LogP contribution < -0.4 is 0 Å². The first kappa shape index (κ1) is 10.5. The van der Waals surface area contributed by atoms with Crippen molar-refractivity contribution in [2.45, 2.75) is 44.6 Å². The fraction of sp³-hybridized carbons (Fsp3) is 0.818. The molecule has 1 amide bonds. The van der Waals surface area contributed by atoms with E-state index in [0.717, 1.165) is 25.7 Å². The van der Waals surface area contributed by atoms with Crippen molar-refractivity contribution in [3.8, 4) is 0 Å². The highest BCUT2D eigenvalue weighted by Crippen LogP contribution is 2.45. The number of likely N-dealkylation sites (tertiary alicyclic amines) is 1. The summed E-state index contributed by atoms with van der Waals surface area (Å²) < 4.78 is 0. The third-order valence-electron chi connectivity index (χ3n) is 4.06. The standard InChI is InChI=1S/C11H17NO3/c1-12-8-4-2-3-6-11(8,10(14)15)7-5-9(12)13/h8H,2-7H2,1H3,(H,14,15)/t8-,11+/m1/s1. The maximum Gasteiger partial charge on any atom is 0.311 e. The quantitative estimate of drug-likeness (QED) is 0.710. The minimum Gasteiger partial charge on any atom is -0.481 e. The van der Waals surface area contributed by atoms with E-state index in [1.54, 1.807) is 11.9 Å². The van der Waals surface area contributed by atoms with Gasteiger partial charge in [-0.25, -0.2) is 0 Å². The van der Waals surface area contributed by atoms with Gasteiger partial charge in [-0.2, -0.15) is 0 Å². The Bertz CT molecular complexity index is 302. The van der Waals surface area contributed by atoms with Crippen molar-refractivity contribution in [3.63, 3.8) is 0 Å². The number of carboxylic acid groups (broad SMARTS) is 1. The number of nitrogens with zero attached hydrogens (tertiary/aromatic N) is 1. The molecule has 0 aromatic carbocycles. The van der Waals surface area contributed by atoms with E-state index in [1.165, 1.54) is 0 Å². The molecule has 0 unspecified atom stereocenters. The molecule has 1 aliphatic carbocycles. The summed E-state index contributed by atoms with van der Waals surface area (Å²) in [5.41, 5.74) is -0.652. The summed E-state index contributed by atoms with van der Waals surface area (Å²) in [4.78, 5) is 24.6. The maximum atomic E-state index is 11.5. The maximum absolute atomic E-state index is 11.5. The molecule has 2 fully saturated rings. The third-order valence-corrected chi connectivity index (χ3v) is 4.06. The lowest BCUT2D eigenvalue weighted by atomic mass is 9.65. The zero-order valence-corrected chi connectivity index (χ0v) is 9.03. The van der Waals surface area contributed by atoms with E-state index in [0.29, 0.717) is 12.8 Å². The molecule has 0 aromatic heterocycles. The van der Waals surface area contributed by atoms with Crippen molar-refractivity contribution in [3.05, 3.63) is 0 Å². The van der Waals surface area contributed by atoms with Crippen LogP contribution in [0.4, 0.5) is 0 Å². The van der Waals surface area contributed by atoms with Crippen molar-refractivity contribution in [1.82, 2.24) is 4.90 Å². The van der Waals surface area contributed by atoms with Crippen LogP contribution in [-0.2, 0) is 9.59 Å². The fourth-order valence-electron chi connectivity index (χ4n) is 3.11. The number of rotatable bonds is 1. The highest BCUT2D eigenvalue weighted by molar-refractivity contribution is 5.83. The van der Waals surface area contributed by atoms with Crippen LogP contribution in [0.3, 0.4) is 0 Å². The Morgan fingerprint density at radius 3 is 2.87 bits per heavy atom. The summed E-state index contributed by atoms with van der Waals surface area (Å²) in [6.45, 7) is 0. The number of hydrogen-bond donors (Lipinski definition) is 1. The van der Waals surface area contributed by atoms with E-state index in [1.807, 2.05) is 0 Å². The van der Waals surface area contributed by atoms with Crippen molar-refractivity contribution in [2.24, 2.45) is 5.41 Å². The smallest absolute Gasteiger partial charge is 0.311 e. The van der Waals surface area contributed by atoms with Gasteiger partial charge in [0.25, 0.3) is 0 Å². The molecule has 0 radical (unpaired) electrons. The van der Waals surface area contributed by atoms with Gasteiger partial charge >= 0.3 is 5.97 Å². The number of carbonyl (C=O) groups excluding carboxylic acids is 1. The van der Waals surface area contributed by atoms with E-state index in [2.05, 4.69) is 0 Å². The van der Waals surface area contributed by atoms with Gasteiger partial charge in [-0.1, -0.05) is 12.8 Å². The normalized spacial score (nSPS) is 36.2. The fourth-order valence-corrected chi connectivity index (χ4v) is 3.11. The molecule has 1 aliphatic heterocycles. The average Bonchev–Trinajstić information content (AvgIpc) is 2.24. The van der Waals surface area contributed by atoms with Crippen molar-refractivity contribution in [1.29, 1.82) is 0 Å². The minimum atomic E-state index is -0.716. The van der Waals surface area contributed by atoms with Gasteiger partial charge < -0.3 is 10.0 Å². The van der Waals surface area contributed by atoms with Gasteiger partial charge in [-0.15, -0.1) is 0 Å². The van der Waals surface area contributed by atoms with Crippen molar-refractivity contribution < 1.29 is 14.7 Å². The number of aliphatic carboxylic acids is 1. The first-order valence-corrected chi connectivity index (χ1v) is 5.57. The molecular formula is C11H17NO3. The Morgan fingerprint density at radius 2 is 2.20 bits per heavy atom. The molecule has 1 saturated carbocycles. The second-order valence-corrected chi connectivity index (χ2v) is 4.73. The monoisotopic (exact) mass is 211 g/mol. The van der Waals surface area contributed by atoms with Crippen LogP contribution in [0, 0.1) is 5.41 Å². The number of fused-ring (bicyclic) bond motifs is 1. The van der Waals surface area contributed by atoms with Crippen LogP contribution in [0.2, 0.25) is 0 Å². The molecule has 0 spiro atoms. The Hall–Kier alpha value is -1.06. The average molecular weight is 211 g/mol. The molecule has 1 heterocycles. The molecule has 0 bridgehead atoms. The van der Waals surface area contributed by atoms with E-state index < -0.39 is 11.4 Å². The van der Waals surface area contributed by atoms with E-state index in [9.17, 15) is 14.7 Å². The van der Waals surface area contributed by atoms with E-state index >= 15 is 0 Å². The SMILES string of the molecule is CN1C(=O)CC[C@@]2(C(=O)O)CCCC[C@@H]12. The van der Waals surface area contributed by atoms with E-state index in [4.69, 9.17) is 0 Å². The lowest BCUT2D eigenvalue weighted by Gasteiger charge is -2.48. The summed E-state index contributed by atoms with van der Waals surface area (Å²) >= 11 is 0. The first-order valence-electron chi connectivity index (χ1n) is 5.57. The Balaban J connectivity index is 2.32.